The van der Waals surface area contributed by atoms with E-state index in [1.807, 2.05) is 13.8 Å². The summed E-state index contributed by atoms with van der Waals surface area (Å²) in [5.74, 6) is 7.74. The van der Waals surface area contributed by atoms with Crippen LogP contribution in [-0.2, 0) is 20.8 Å². The van der Waals surface area contributed by atoms with Gasteiger partial charge in [0.2, 0.25) is 0 Å². The van der Waals surface area contributed by atoms with Crippen LogP contribution in [0, 0.1) is 80.8 Å². The average Bonchev–Trinajstić information content (AvgIpc) is 3.61. The molecule has 18 atom stereocenters. The summed E-state index contributed by atoms with van der Waals surface area (Å²) >= 11 is 0. The number of hydrogen-bond donors (Lipinski definition) is 8. The Hall–Kier alpha value is -0.420. The average molecular weight is 837 g/mol. The van der Waals surface area contributed by atoms with Gasteiger partial charge in [-0.25, -0.2) is 0 Å². The number of rotatable bonds is 2. The van der Waals surface area contributed by atoms with Gasteiger partial charge in [0, 0.05) is 0 Å². The van der Waals surface area contributed by atoms with Crippen LogP contribution < -0.4 is 0 Å². The van der Waals surface area contributed by atoms with Crippen molar-refractivity contribution in [3.63, 3.8) is 0 Å². The molecule has 0 aromatic heterocycles. The zero-order valence-corrected chi connectivity index (χ0v) is 36.5. The fraction of sp³-hybridized carbons (Fsp3) is 1.00. The third kappa shape index (κ3) is 9.70. The minimum absolute atomic E-state index is 0.0374. The van der Waals surface area contributed by atoms with Gasteiger partial charge in [0.1, 0.15) is 0 Å². The van der Waals surface area contributed by atoms with Crippen LogP contribution in [0.3, 0.4) is 0 Å². The maximum Gasteiger partial charge on any atom is 0.394 e. The highest BCUT2D eigenvalue weighted by atomic mass is 32.3. The van der Waals surface area contributed by atoms with Crippen molar-refractivity contribution in [2.45, 2.75) is 182 Å². The minimum Gasteiger partial charge on any atom is -0.393 e. The normalized spacial score (nSPS) is 49.1. The first-order valence-electron chi connectivity index (χ1n) is 21.8. The van der Waals surface area contributed by atoms with Gasteiger partial charge in [-0.1, -0.05) is 27.7 Å². The summed E-state index contributed by atoms with van der Waals surface area (Å²) in [6, 6.07) is 0. The topological polar surface area (TPSA) is 230 Å². The minimum atomic E-state index is -4.67. The van der Waals surface area contributed by atoms with Gasteiger partial charge in [-0.15, -0.1) is 0 Å². The summed E-state index contributed by atoms with van der Waals surface area (Å²) in [4.78, 5) is 0. The monoisotopic (exact) mass is 836 g/mol. The van der Waals surface area contributed by atoms with E-state index in [0.29, 0.717) is 33.5 Å². The molecule has 14 heteroatoms. The van der Waals surface area contributed by atoms with Crippen LogP contribution in [0.4, 0.5) is 0 Å². The maximum absolute atomic E-state index is 10.3. The van der Waals surface area contributed by atoms with E-state index in [4.69, 9.17) is 35.0 Å². The van der Waals surface area contributed by atoms with E-state index in [-0.39, 0.29) is 24.4 Å². The van der Waals surface area contributed by atoms with Crippen LogP contribution in [0.2, 0.25) is 0 Å². The molecule has 8 aliphatic rings. The molecule has 8 fully saturated rings. The first kappa shape index (κ1) is 46.6. The maximum atomic E-state index is 10.3. The number of aliphatic hydroxyl groups excluding tert-OH is 4. The van der Waals surface area contributed by atoms with Gasteiger partial charge in [-0.2, -0.15) is 16.8 Å². The summed E-state index contributed by atoms with van der Waals surface area (Å²) in [5.41, 5.74) is 1.72. The molecule has 12 nitrogen and oxygen atoms in total. The van der Waals surface area contributed by atoms with E-state index >= 15 is 0 Å². The number of hydrogen-bond acceptors (Lipinski definition) is 8. The lowest BCUT2D eigenvalue weighted by Crippen LogP contribution is -2.54. The van der Waals surface area contributed by atoms with Crippen molar-refractivity contribution < 1.29 is 55.5 Å². The molecule has 8 N–H and O–H groups in total. The molecular formula is C42H76O12S2. The van der Waals surface area contributed by atoms with Crippen molar-refractivity contribution in [2.75, 3.05) is 0 Å². The van der Waals surface area contributed by atoms with Crippen LogP contribution in [0.15, 0.2) is 0 Å². The summed E-state index contributed by atoms with van der Waals surface area (Å²) < 4.78 is 63.2. The van der Waals surface area contributed by atoms with Crippen LogP contribution in [0.5, 0.6) is 0 Å². The predicted molar refractivity (Wildman–Crippen MR) is 214 cm³/mol. The quantitative estimate of drug-likeness (QED) is 0.127. The highest BCUT2D eigenvalue weighted by Gasteiger charge is 2.62. The summed E-state index contributed by atoms with van der Waals surface area (Å²) in [5, 5.41) is 40.8. The van der Waals surface area contributed by atoms with Gasteiger partial charge in [-0.05, 0) is 210 Å². The van der Waals surface area contributed by atoms with Crippen LogP contribution in [0.25, 0.3) is 0 Å². The second-order valence-corrected chi connectivity index (χ2v) is 22.8. The van der Waals surface area contributed by atoms with Crippen LogP contribution >= 0.6 is 0 Å². The van der Waals surface area contributed by atoms with Gasteiger partial charge in [0.15, 0.2) is 0 Å². The Morgan fingerprint density at radius 1 is 0.446 bits per heavy atom. The van der Waals surface area contributed by atoms with Crippen molar-refractivity contribution in [3.05, 3.63) is 0 Å². The van der Waals surface area contributed by atoms with Crippen LogP contribution in [0.1, 0.15) is 157 Å². The molecule has 8 saturated carbocycles. The largest absolute Gasteiger partial charge is 0.394 e. The van der Waals surface area contributed by atoms with Gasteiger partial charge in [0.25, 0.3) is 0 Å². The Bertz CT molecular complexity index is 1430. The fourth-order valence-corrected chi connectivity index (χ4v) is 16.1. The Labute approximate surface area is 337 Å². The molecule has 0 aliphatic heterocycles. The van der Waals surface area contributed by atoms with Gasteiger partial charge >= 0.3 is 20.8 Å². The fourth-order valence-electron chi connectivity index (χ4n) is 16.1. The zero-order chi connectivity index (χ0) is 41.8. The van der Waals surface area contributed by atoms with Crippen molar-refractivity contribution >= 4 is 20.8 Å². The molecule has 56 heavy (non-hydrogen) atoms. The molecule has 0 amide bonds. The molecule has 0 heterocycles. The number of aliphatic hydroxyl groups is 4. The van der Waals surface area contributed by atoms with E-state index in [1.54, 1.807) is 0 Å². The molecule has 2 unspecified atom stereocenters. The molecule has 0 aromatic carbocycles. The smallest absolute Gasteiger partial charge is 0.393 e. The third-order valence-corrected chi connectivity index (χ3v) is 18.6. The third-order valence-electron chi connectivity index (χ3n) is 18.6. The van der Waals surface area contributed by atoms with Crippen LogP contribution in [-0.4, -0.2) is 79.9 Å². The molecule has 0 spiro atoms. The van der Waals surface area contributed by atoms with E-state index in [2.05, 4.69) is 27.7 Å². The van der Waals surface area contributed by atoms with E-state index in [9.17, 15) is 20.4 Å². The molecule has 0 aromatic rings. The molecule has 0 saturated heterocycles. The van der Waals surface area contributed by atoms with Crippen molar-refractivity contribution in [1.29, 1.82) is 0 Å². The Morgan fingerprint density at radius 2 is 0.732 bits per heavy atom. The summed E-state index contributed by atoms with van der Waals surface area (Å²) in [6.45, 7) is 14.2. The molecule has 0 bridgehead atoms. The summed E-state index contributed by atoms with van der Waals surface area (Å²) in [6.07, 6.45) is 22.2. The Kier molecular flexibility index (Phi) is 14.3. The van der Waals surface area contributed by atoms with Crippen molar-refractivity contribution in [1.82, 2.24) is 0 Å². The highest BCUT2D eigenvalue weighted by molar-refractivity contribution is 7.80. The second-order valence-electron chi connectivity index (χ2n) is 21.0. The molecule has 0 radical (unpaired) electrons. The SMILES string of the molecule is CC(O)[C@H]1CC[C@H]2[C@@H]3CC[C@H]4C[C@@H](O)CC[C@]4(C)[C@H]3CC[C@]12C.CC(O)[C@H]1CC[C@H]2[C@@H]3CC[C@H]4C[C@@H](O)CC[C@]4(C)[C@H]3CC[C@]12C.O=S(=O)(O)O.O=S(=O)(O)O. The van der Waals surface area contributed by atoms with E-state index < -0.39 is 20.8 Å². The van der Waals surface area contributed by atoms with Gasteiger partial charge in [0.05, 0.1) is 24.4 Å². The van der Waals surface area contributed by atoms with E-state index in [0.717, 1.165) is 73.0 Å². The zero-order valence-electron chi connectivity index (χ0n) is 34.8. The molecular weight excluding hydrogens is 761 g/mol. The highest BCUT2D eigenvalue weighted by Crippen LogP contribution is 2.69. The van der Waals surface area contributed by atoms with Crippen molar-refractivity contribution in [3.8, 4) is 0 Å². The second kappa shape index (κ2) is 17.2. The van der Waals surface area contributed by atoms with Gasteiger partial charge < -0.3 is 20.4 Å². The first-order valence-corrected chi connectivity index (χ1v) is 24.6. The Balaban J connectivity index is 0.000000173. The lowest BCUT2D eigenvalue weighted by Gasteiger charge is -2.61. The first-order chi connectivity index (χ1) is 25.7. The lowest BCUT2D eigenvalue weighted by molar-refractivity contribution is -0.132. The lowest BCUT2D eigenvalue weighted by atomic mass is 9.44. The summed E-state index contributed by atoms with van der Waals surface area (Å²) in [7, 11) is -9.33. The Morgan fingerprint density at radius 3 is 1.04 bits per heavy atom. The standard InChI is InChI=1S/2C21H36O2.2H2O4S/c2*1-13(22)17-6-7-18-16-5-4-14-12-15(23)8-10-20(14,2)19(16)9-11-21(17,18)3;2*1-5(2,3)4/h2*13-19,22-23H,4-12H2,1-3H3;2*(H2,1,2,3,4)/t2*13?,14-,15-,16-,17+,18-,19-,20-,21+;;/m00../s1. The van der Waals surface area contributed by atoms with Gasteiger partial charge in [-0.3, -0.25) is 18.2 Å². The molecule has 8 aliphatic carbocycles. The number of fused-ring (bicyclic) bond motifs is 10. The predicted octanol–water partition coefficient (Wildman–Crippen LogP) is 7.47. The molecule has 328 valence electrons. The van der Waals surface area contributed by atoms with E-state index in [1.165, 1.54) is 89.9 Å². The molecule has 8 rings (SSSR count). The van der Waals surface area contributed by atoms with Crippen molar-refractivity contribution in [2.24, 2.45) is 80.8 Å².